The van der Waals surface area contributed by atoms with E-state index >= 15 is 0 Å². The number of aryl methyl sites for hydroxylation is 1. The number of halogens is 2. The molecule has 0 aliphatic rings. The molecule has 5 heteroatoms. The van der Waals surface area contributed by atoms with Gasteiger partial charge in [-0.1, -0.05) is 0 Å². The van der Waals surface area contributed by atoms with Crippen molar-refractivity contribution in [3.63, 3.8) is 0 Å². The van der Waals surface area contributed by atoms with Crippen molar-refractivity contribution in [2.24, 2.45) is 0 Å². The van der Waals surface area contributed by atoms with Crippen LogP contribution in [-0.4, -0.2) is 12.0 Å². The summed E-state index contributed by atoms with van der Waals surface area (Å²) in [7, 11) is 1.85. The van der Waals surface area contributed by atoms with Gasteiger partial charge in [-0.3, -0.25) is 0 Å². The van der Waals surface area contributed by atoms with Gasteiger partial charge in [0.05, 0.1) is 5.69 Å². The van der Waals surface area contributed by atoms with Gasteiger partial charge in [-0.2, -0.15) is 0 Å². The van der Waals surface area contributed by atoms with Gasteiger partial charge in [0.25, 0.3) is 0 Å². The minimum absolute atomic E-state index is 0.146. The Balaban J connectivity index is 2.49. The summed E-state index contributed by atoms with van der Waals surface area (Å²) in [6.07, 6.45) is 0. The highest BCUT2D eigenvalue weighted by molar-refractivity contribution is 7.15. The van der Waals surface area contributed by atoms with E-state index in [1.165, 1.54) is 17.4 Å². The molecule has 0 aliphatic heterocycles. The fraction of sp³-hybridized carbons (Fsp3) is 0.308. The second-order valence-corrected chi connectivity index (χ2v) is 5.13. The number of nitrogens with one attached hydrogen (secondary N) is 1. The third kappa shape index (κ3) is 2.42. The SMILES string of the molecule is CNC(C)c1sc(-c2cc(F)ccc2F)nc1C. The first-order valence-corrected chi connectivity index (χ1v) is 6.44. The number of hydrogen-bond acceptors (Lipinski definition) is 3. The molecule has 2 rings (SSSR count). The highest BCUT2D eigenvalue weighted by Crippen LogP contribution is 2.33. The van der Waals surface area contributed by atoms with Crippen LogP contribution < -0.4 is 5.32 Å². The smallest absolute Gasteiger partial charge is 0.133 e. The van der Waals surface area contributed by atoms with Crippen LogP contribution in [0.2, 0.25) is 0 Å². The zero-order valence-corrected chi connectivity index (χ0v) is 11.2. The first-order valence-electron chi connectivity index (χ1n) is 5.63. The molecule has 0 saturated heterocycles. The molecule has 0 saturated carbocycles. The fourth-order valence-corrected chi connectivity index (χ4v) is 2.86. The van der Waals surface area contributed by atoms with Crippen molar-refractivity contribution in [3.8, 4) is 10.6 Å². The molecule has 2 aromatic rings. The maximum atomic E-state index is 13.7. The molecule has 1 aromatic heterocycles. The van der Waals surface area contributed by atoms with Crippen molar-refractivity contribution in [2.75, 3.05) is 7.05 Å². The quantitative estimate of drug-likeness (QED) is 0.918. The lowest BCUT2D eigenvalue weighted by Gasteiger charge is -2.07. The van der Waals surface area contributed by atoms with Crippen LogP contribution in [0.5, 0.6) is 0 Å². The van der Waals surface area contributed by atoms with E-state index in [1.807, 2.05) is 20.9 Å². The largest absolute Gasteiger partial charge is 0.312 e. The number of hydrogen-bond donors (Lipinski definition) is 1. The Labute approximate surface area is 109 Å². The van der Waals surface area contributed by atoms with E-state index in [-0.39, 0.29) is 11.6 Å². The Morgan fingerprint density at radius 3 is 2.72 bits per heavy atom. The van der Waals surface area contributed by atoms with Crippen LogP contribution in [0.4, 0.5) is 8.78 Å². The highest BCUT2D eigenvalue weighted by Gasteiger charge is 2.16. The average Bonchev–Trinajstić information content (AvgIpc) is 2.73. The molecule has 0 aliphatic carbocycles. The Bertz CT molecular complexity index is 566. The van der Waals surface area contributed by atoms with E-state index in [4.69, 9.17) is 0 Å². The van der Waals surface area contributed by atoms with Gasteiger partial charge in [0.1, 0.15) is 16.6 Å². The number of rotatable bonds is 3. The standard InChI is InChI=1S/C13H14F2N2S/c1-7(16-3)12-8(2)17-13(18-12)10-6-9(14)4-5-11(10)15/h4-7,16H,1-3H3. The van der Waals surface area contributed by atoms with Gasteiger partial charge in [-0.05, 0) is 39.1 Å². The van der Waals surface area contributed by atoms with Crippen molar-refractivity contribution < 1.29 is 8.78 Å². The van der Waals surface area contributed by atoms with Crippen molar-refractivity contribution >= 4 is 11.3 Å². The first kappa shape index (κ1) is 13.1. The van der Waals surface area contributed by atoms with Gasteiger partial charge < -0.3 is 5.32 Å². The Morgan fingerprint density at radius 1 is 1.33 bits per heavy atom. The predicted octanol–water partition coefficient (Wildman–Crippen LogP) is 3.68. The molecule has 1 atom stereocenters. The van der Waals surface area contributed by atoms with Gasteiger partial charge >= 0.3 is 0 Å². The Hall–Kier alpha value is -1.33. The highest BCUT2D eigenvalue weighted by atomic mass is 32.1. The lowest BCUT2D eigenvalue weighted by Crippen LogP contribution is -2.11. The third-order valence-electron chi connectivity index (χ3n) is 2.82. The predicted molar refractivity (Wildman–Crippen MR) is 69.7 cm³/mol. The molecule has 0 bridgehead atoms. The van der Waals surface area contributed by atoms with Crippen LogP contribution in [0, 0.1) is 18.6 Å². The lowest BCUT2D eigenvalue weighted by atomic mass is 10.2. The molecule has 0 amide bonds. The molecule has 0 radical (unpaired) electrons. The monoisotopic (exact) mass is 268 g/mol. The molecule has 1 aromatic carbocycles. The maximum Gasteiger partial charge on any atom is 0.133 e. The van der Waals surface area contributed by atoms with Crippen molar-refractivity contribution in [3.05, 3.63) is 40.4 Å². The molecule has 1 N–H and O–H groups in total. The summed E-state index contributed by atoms with van der Waals surface area (Å²) < 4.78 is 26.8. The van der Waals surface area contributed by atoms with E-state index in [2.05, 4.69) is 10.3 Å². The molecular weight excluding hydrogens is 254 g/mol. The number of benzene rings is 1. The normalized spacial score (nSPS) is 12.7. The van der Waals surface area contributed by atoms with Gasteiger partial charge in [-0.15, -0.1) is 11.3 Å². The Morgan fingerprint density at radius 2 is 2.06 bits per heavy atom. The van der Waals surface area contributed by atoms with Gasteiger partial charge in [0.15, 0.2) is 0 Å². The summed E-state index contributed by atoms with van der Waals surface area (Å²) in [5.41, 5.74) is 1.07. The van der Waals surface area contributed by atoms with Gasteiger partial charge in [-0.25, -0.2) is 13.8 Å². The molecule has 1 unspecified atom stereocenters. The zero-order chi connectivity index (χ0) is 13.3. The van der Waals surface area contributed by atoms with E-state index in [0.29, 0.717) is 5.01 Å². The van der Waals surface area contributed by atoms with E-state index in [0.717, 1.165) is 22.7 Å². The van der Waals surface area contributed by atoms with E-state index in [1.54, 1.807) is 0 Å². The molecular formula is C13H14F2N2S. The second kappa shape index (κ2) is 5.12. The van der Waals surface area contributed by atoms with E-state index < -0.39 is 11.6 Å². The topological polar surface area (TPSA) is 24.9 Å². The van der Waals surface area contributed by atoms with Crippen LogP contribution in [0.25, 0.3) is 10.6 Å². The third-order valence-corrected chi connectivity index (χ3v) is 4.19. The summed E-state index contributed by atoms with van der Waals surface area (Å²) >= 11 is 1.39. The maximum absolute atomic E-state index is 13.7. The van der Waals surface area contributed by atoms with Crippen molar-refractivity contribution in [2.45, 2.75) is 19.9 Å². The molecule has 96 valence electrons. The van der Waals surface area contributed by atoms with Crippen LogP contribution >= 0.6 is 11.3 Å². The van der Waals surface area contributed by atoms with E-state index in [9.17, 15) is 8.78 Å². The number of thiazole rings is 1. The molecule has 0 fully saturated rings. The zero-order valence-electron chi connectivity index (χ0n) is 10.4. The first-order chi connectivity index (χ1) is 8.52. The van der Waals surface area contributed by atoms with Gasteiger partial charge in [0, 0.05) is 16.5 Å². The summed E-state index contributed by atoms with van der Waals surface area (Å²) in [5, 5.41) is 3.63. The Kier molecular flexibility index (Phi) is 3.73. The molecule has 2 nitrogen and oxygen atoms in total. The molecule has 0 spiro atoms. The van der Waals surface area contributed by atoms with Gasteiger partial charge in [0.2, 0.25) is 0 Å². The van der Waals surface area contributed by atoms with Crippen LogP contribution in [-0.2, 0) is 0 Å². The fourth-order valence-electron chi connectivity index (χ4n) is 1.72. The van der Waals surface area contributed by atoms with Crippen molar-refractivity contribution in [1.82, 2.24) is 10.3 Å². The van der Waals surface area contributed by atoms with Crippen LogP contribution in [0.15, 0.2) is 18.2 Å². The second-order valence-electron chi connectivity index (χ2n) is 4.10. The van der Waals surface area contributed by atoms with Crippen molar-refractivity contribution in [1.29, 1.82) is 0 Å². The summed E-state index contributed by atoms with van der Waals surface area (Å²) in [6.45, 7) is 3.88. The molecule has 18 heavy (non-hydrogen) atoms. The minimum Gasteiger partial charge on any atom is -0.312 e. The van der Waals surface area contributed by atoms with Crippen LogP contribution in [0.1, 0.15) is 23.5 Å². The van der Waals surface area contributed by atoms with Crippen LogP contribution in [0.3, 0.4) is 0 Å². The number of nitrogens with zero attached hydrogens (tertiary/aromatic N) is 1. The number of aromatic nitrogens is 1. The summed E-state index contributed by atoms with van der Waals surface area (Å²) in [6, 6.07) is 3.56. The summed E-state index contributed by atoms with van der Waals surface area (Å²) in [4.78, 5) is 5.36. The average molecular weight is 268 g/mol. The summed E-state index contributed by atoms with van der Waals surface area (Å²) in [5.74, 6) is -0.906. The minimum atomic E-state index is -0.456. The molecule has 1 heterocycles. The lowest BCUT2D eigenvalue weighted by molar-refractivity contribution is 0.603.